The van der Waals surface area contributed by atoms with Crippen LogP contribution in [0.5, 0.6) is 0 Å². The van der Waals surface area contributed by atoms with E-state index in [0.29, 0.717) is 21.7 Å². The van der Waals surface area contributed by atoms with Crippen molar-refractivity contribution in [1.29, 1.82) is 0 Å². The van der Waals surface area contributed by atoms with E-state index >= 15 is 0 Å². The van der Waals surface area contributed by atoms with E-state index in [1.807, 2.05) is 0 Å². The fraction of sp³-hybridized carbons (Fsp3) is 1.00. The Bertz CT molecular complexity index is 1230. The standard InChI is InChI=1S/C10H20.3C8H16.C7H14.3C7H16.C6H12.3C6H14/c1-8-9(2,3)6-7-10(8,4)5;1-6-4-7(2)8(3)5-6;1-7-5-4-6-8(7,2)3;1-6-4-5-7(2)8(6)3;1-7-5-3-2-4-6-7;1-4-5-6-7(2)3;1-4-6-7(3)5-2;1-3-5-7-6-4-2;1-2-3-6-4-5-6;1-5-6(2,3)4;2*1-4-5-6(2)3/h8H,6-7H2,1-5H3;6-8H,4-5H2,1-3H3;7H,4-6H2,1-3H3;6-8H,4-5H2,1-3H3;7H,2-6H2,1H3;2*7H,4-6H2,1-3H3;3-7H2,1-2H3;6H,2-5H2,1H3;5H2,1-4H3;2*6H,4-5H2,1-3H3/t;;7-;;;;7-;;;;;/m..1...1...../s1. The van der Waals surface area contributed by atoms with E-state index in [0.717, 1.165) is 82.9 Å². The molecule has 6 saturated carbocycles. The molecular formula is C86H184. The number of hydrogen-bond acceptors (Lipinski definition) is 0. The van der Waals surface area contributed by atoms with Crippen molar-refractivity contribution in [3.8, 4) is 0 Å². The summed E-state index contributed by atoms with van der Waals surface area (Å²) < 4.78 is 0. The van der Waals surface area contributed by atoms with E-state index in [1.165, 1.54) is 218 Å². The summed E-state index contributed by atoms with van der Waals surface area (Å²) in [5.41, 5.74) is 2.37. The predicted octanol–water partition coefficient (Wildman–Crippen LogP) is 32.4. The maximum Gasteiger partial charge on any atom is -0.0323 e. The molecule has 0 aromatic rings. The summed E-state index contributed by atoms with van der Waals surface area (Å²) in [5, 5.41) is 0. The first-order valence-corrected chi connectivity index (χ1v) is 39.8. The van der Waals surface area contributed by atoms with E-state index in [2.05, 4.69) is 235 Å². The Morgan fingerprint density at radius 3 is 0.895 bits per heavy atom. The van der Waals surface area contributed by atoms with Crippen molar-refractivity contribution < 1.29 is 0 Å². The van der Waals surface area contributed by atoms with Gasteiger partial charge in [0, 0.05) is 0 Å². The monoisotopic (exact) mass is 1220 g/mol. The van der Waals surface area contributed by atoms with Gasteiger partial charge in [0.2, 0.25) is 0 Å². The molecular weight excluding hydrogens is 1030 g/mol. The van der Waals surface area contributed by atoms with Gasteiger partial charge in [-0.2, -0.15) is 0 Å². The predicted molar refractivity (Wildman–Crippen MR) is 408 cm³/mol. The first-order chi connectivity index (χ1) is 39.8. The van der Waals surface area contributed by atoms with Crippen molar-refractivity contribution in [2.24, 2.45) is 105 Å². The first-order valence-electron chi connectivity index (χ1n) is 39.8. The van der Waals surface area contributed by atoms with E-state index < -0.39 is 0 Å². The van der Waals surface area contributed by atoms with E-state index in [9.17, 15) is 0 Å². The SMILES string of the molecule is CC1C(C)(C)CCC1(C)C.CC1CC(C)C(C)C1.CC1CCC(C)C1C.CC1CCCCC1.CCC(C)(C)C.CCCC(C)C.CCCC(C)C.CCCC1CC1.CCCCC(C)C.CCCCCCC.CCC[C@H](C)CC.C[C@@H]1CCCC1(C)C. The Kier molecular flexibility index (Phi) is 67.7. The maximum absolute atomic E-state index is 2.40. The zero-order chi connectivity index (χ0) is 68.1. The molecule has 528 valence electrons. The van der Waals surface area contributed by atoms with Crippen LogP contribution in [0.1, 0.15) is 454 Å². The highest BCUT2D eigenvalue weighted by Crippen LogP contribution is 2.53. The van der Waals surface area contributed by atoms with Gasteiger partial charge in [0.25, 0.3) is 0 Å². The molecule has 0 heteroatoms. The van der Waals surface area contributed by atoms with Crippen LogP contribution in [0.3, 0.4) is 0 Å². The highest BCUT2D eigenvalue weighted by atomic mass is 14.5. The Morgan fingerprint density at radius 1 is 0.372 bits per heavy atom. The summed E-state index contributed by atoms with van der Waals surface area (Å²) in [6, 6.07) is 0. The largest absolute Gasteiger partial charge is 0.0654 e. The minimum Gasteiger partial charge on any atom is -0.0654 e. The zero-order valence-corrected chi connectivity index (χ0v) is 68.1. The molecule has 0 radical (unpaired) electrons. The van der Waals surface area contributed by atoms with Gasteiger partial charge in [0.05, 0.1) is 0 Å². The topological polar surface area (TPSA) is 0 Å². The lowest BCUT2D eigenvalue weighted by Gasteiger charge is -2.31. The van der Waals surface area contributed by atoms with Crippen molar-refractivity contribution in [1.82, 2.24) is 0 Å². The molecule has 6 rings (SSSR count). The van der Waals surface area contributed by atoms with Crippen LogP contribution in [-0.2, 0) is 0 Å². The molecule has 0 aromatic heterocycles. The van der Waals surface area contributed by atoms with Crippen LogP contribution >= 0.6 is 0 Å². The molecule has 0 amide bonds. The Hall–Kier alpha value is 0. The Morgan fingerprint density at radius 2 is 0.767 bits per heavy atom. The van der Waals surface area contributed by atoms with Gasteiger partial charge in [-0.3, -0.25) is 0 Å². The van der Waals surface area contributed by atoms with Gasteiger partial charge in [-0.05, 0) is 137 Å². The summed E-state index contributed by atoms with van der Waals surface area (Å²) in [7, 11) is 0. The summed E-state index contributed by atoms with van der Waals surface area (Å²) in [6.07, 6.45) is 48.3. The van der Waals surface area contributed by atoms with Crippen LogP contribution in [0.25, 0.3) is 0 Å². The van der Waals surface area contributed by atoms with Crippen molar-refractivity contribution in [2.75, 3.05) is 0 Å². The summed E-state index contributed by atoms with van der Waals surface area (Å²) in [6.45, 7) is 78.4. The van der Waals surface area contributed by atoms with Crippen LogP contribution in [-0.4, -0.2) is 0 Å². The average Bonchev–Trinajstić information content (AvgIpc) is 4.20. The molecule has 0 aliphatic heterocycles. The fourth-order valence-corrected chi connectivity index (χ4v) is 12.3. The lowest BCUT2D eigenvalue weighted by molar-refractivity contribution is 0.179. The highest BCUT2D eigenvalue weighted by molar-refractivity contribution is 4.93. The minimum absolute atomic E-state index is 0.542. The molecule has 0 spiro atoms. The number of unbranched alkanes of at least 4 members (excludes halogenated alkanes) is 5. The van der Waals surface area contributed by atoms with Gasteiger partial charge in [-0.25, -0.2) is 0 Å². The summed E-state index contributed by atoms with van der Waals surface area (Å²) >= 11 is 0. The molecule has 0 bridgehead atoms. The van der Waals surface area contributed by atoms with Crippen LogP contribution in [0, 0.1) is 105 Å². The van der Waals surface area contributed by atoms with Crippen molar-refractivity contribution in [3.05, 3.63) is 0 Å². The molecule has 86 heavy (non-hydrogen) atoms. The van der Waals surface area contributed by atoms with Gasteiger partial charge in [-0.1, -0.05) is 422 Å². The molecule has 0 heterocycles. The Labute approximate surface area is 555 Å². The average molecular weight is 1220 g/mol. The molecule has 4 unspecified atom stereocenters. The maximum atomic E-state index is 2.40. The van der Waals surface area contributed by atoms with Gasteiger partial charge in [-0.15, -0.1) is 0 Å². The van der Waals surface area contributed by atoms with Crippen molar-refractivity contribution >= 4 is 0 Å². The Balaban J connectivity index is -0.000000204. The first kappa shape index (κ1) is 97.1. The molecule has 0 N–H and O–H groups in total. The minimum atomic E-state index is 0.542. The van der Waals surface area contributed by atoms with Crippen LogP contribution in [0.2, 0.25) is 0 Å². The third-order valence-electron chi connectivity index (χ3n) is 21.8. The van der Waals surface area contributed by atoms with Gasteiger partial charge in [0.1, 0.15) is 0 Å². The van der Waals surface area contributed by atoms with Gasteiger partial charge in [0.15, 0.2) is 0 Å². The fourth-order valence-electron chi connectivity index (χ4n) is 12.3. The van der Waals surface area contributed by atoms with Gasteiger partial charge >= 0.3 is 0 Å². The molecule has 6 atom stereocenters. The molecule has 6 fully saturated rings. The second kappa shape index (κ2) is 60.0. The smallest absolute Gasteiger partial charge is 0.0323 e. The van der Waals surface area contributed by atoms with Gasteiger partial charge < -0.3 is 0 Å². The number of hydrogen-bond donors (Lipinski definition) is 0. The number of rotatable bonds is 16. The van der Waals surface area contributed by atoms with Crippen LogP contribution in [0.15, 0.2) is 0 Å². The molecule has 0 aromatic carbocycles. The second-order valence-electron chi connectivity index (χ2n) is 35.1. The van der Waals surface area contributed by atoms with Crippen molar-refractivity contribution in [3.63, 3.8) is 0 Å². The zero-order valence-electron chi connectivity index (χ0n) is 68.1. The lowest BCUT2D eigenvalue weighted by atomic mass is 9.74. The van der Waals surface area contributed by atoms with Crippen LogP contribution in [0.4, 0.5) is 0 Å². The normalized spacial score (nSPS) is 24.3. The third kappa shape index (κ3) is 66.9. The summed E-state index contributed by atoms with van der Waals surface area (Å²) in [4.78, 5) is 0. The van der Waals surface area contributed by atoms with E-state index in [-0.39, 0.29) is 0 Å². The quantitative estimate of drug-likeness (QED) is 0.135. The van der Waals surface area contributed by atoms with Crippen molar-refractivity contribution in [2.45, 2.75) is 454 Å². The molecule has 0 nitrogen and oxygen atoms in total. The summed E-state index contributed by atoms with van der Waals surface area (Å²) in [5.74, 6) is 13.6. The van der Waals surface area contributed by atoms with E-state index in [4.69, 9.17) is 0 Å². The lowest BCUT2D eigenvalue weighted by Crippen LogP contribution is -2.24. The molecule has 6 aliphatic carbocycles. The molecule has 6 aliphatic rings. The molecule has 0 saturated heterocycles. The van der Waals surface area contributed by atoms with Crippen LogP contribution < -0.4 is 0 Å². The third-order valence-corrected chi connectivity index (χ3v) is 21.8. The van der Waals surface area contributed by atoms with E-state index in [1.54, 1.807) is 0 Å². The second-order valence-corrected chi connectivity index (χ2v) is 35.1. The highest BCUT2D eigenvalue weighted by Gasteiger charge is 2.43.